The van der Waals surface area contributed by atoms with Gasteiger partial charge in [0.05, 0.1) is 0 Å². The standard InChI is InChI=1S/C18H17Cl6N3O3S/c1-9(28)30-11-4-2-3-5-12(11)31-7-6-10(8-31)13(29)14-25-15(17(19,20)21)27-16(26-14)18(22,23)24/h6-8,11-12,31H,2-5H2,1H3. The molecule has 1 aliphatic heterocycles. The van der Waals surface area contributed by atoms with E-state index in [1.165, 1.54) is 6.92 Å². The third-order valence-corrected chi connectivity index (χ3v) is 8.13. The molecule has 3 atom stereocenters. The highest BCUT2D eigenvalue weighted by atomic mass is 35.6. The van der Waals surface area contributed by atoms with Gasteiger partial charge in [-0.3, -0.25) is 9.59 Å². The molecule has 0 aromatic carbocycles. The lowest BCUT2D eigenvalue weighted by Gasteiger charge is -2.35. The fourth-order valence-electron chi connectivity index (χ4n) is 3.38. The van der Waals surface area contributed by atoms with Gasteiger partial charge in [0.2, 0.25) is 19.2 Å². The summed E-state index contributed by atoms with van der Waals surface area (Å²) in [6.45, 7) is 1.40. The summed E-state index contributed by atoms with van der Waals surface area (Å²) in [6.07, 6.45) is 5.28. The molecule has 170 valence electrons. The zero-order valence-electron chi connectivity index (χ0n) is 16.0. The van der Waals surface area contributed by atoms with E-state index in [0.29, 0.717) is 5.57 Å². The Balaban J connectivity index is 1.90. The molecular weight excluding hydrogens is 551 g/mol. The summed E-state index contributed by atoms with van der Waals surface area (Å²) in [5.41, 5.74) is 0.370. The van der Waals surface area contributed by atoms with E-state index in [0.717, 1.165) is 25.7 Å². The van der Waals surface area contributed by atoms with Gasteiger partial charge in [-0.1, -0.05) is 76.0 Å². The number of ether oxygens (including phenoxy) is 1. The number of allylic oxidation sites excluding steroid dienone is 2. The van der Waals surface area contributed by atoms with E-state index in [1.807, 2.05) is 10.8 Å². The van der Waals surface area contributed by atoms with Crippen LogP contribution in [0.3, 0.4) is 0 Å². The molecule has 1 aliphatic carbocycles. The van der Waals surface area contributed by atoms with Crippen LogP contribution < -0.4 is 0 Å². The normalized spacial score (nSPS) is 25.3. The number of aromatic nitrogens is 3. The van der Waals surface area contributed by atoms with Crippen LogP contribution in [-0.4, -0.2) is 38.1 Å². The Morgan fingerprint density at radius 3 is 2.13 bits per heavy atom. The Bertz CT molecular complexity index is 912. The first kappa shape index (κ1) is 25.3. The lowest BCUT2D eigenvalue weighted by Crippen LogP contribution is -2.33. The van der Waals surface area contributed by atoms with Crippen molar-refractivity contribution < 1.29 is 14.3 Å². The van der Waals surface area contributed by atoms with E-state index < -0.39 is 24.3 Å². The van der Waals surface area contributed by atoms with Crippen LogP contribution in [0.5, 0.6) is 0 Å². The molecule has 1 fully saturated rings. The van der Waals surface area contributed by atoms with Gasteiger partial charge >= 0.3 is 5.97 Å². The molecule has 0 spiro atoms. The van der Waals surface area contributed by atoms with Gasteiger partial charge in [0.15, 0.2) is 11.6 Å². The Morgan fingerprint density at radius 2 is 1.58 bits per heavy atom. The van der Waals surface area contributed by atoms with E-state index in [2.05, 4.69) is 15.0 Å². The van der Waals surface area contributed by atoms with E-state index in [-0.39, 0.29) is 34.8 Å². The molecule has 2 aliphatic rings. The average Bonchev–Trinajstić information content (AvgIpc) is 3.15. The first-order valence-corrected chi connectivity index (χ1v) is 13.0. The third-order valence-electron chi connectivity index (χ3n) is 4.69. The van der Waals surface area contributed by atoms with Crippen LogP contribution in [0.1, 0.15) is 54.9 Å². The lowest BCUT2D eigenvalue weighted by atomic mass is 9.97. The van der Waals surface area contributed by atoms with E-state index in [1.54, 1.807) is 6.08 Å². The van der Waals surface area contributed by atoms with Crippen molar-refractivity contribution in [2.45, 2.75) is 51.5 Å². The number of Topliss-reactive ketones (excluding diaryl/α,β-unsaturated/α-hetero) is 1. The molecule has 0 radical (unpaired) electrons. The second-order valence-electron chi connectivity index (χ2n) is 6.98. The summed E-state index contributed by atoms with van der Waals surface area (Å²) >= 11 is 35.2. The van der Waals surface area contributed by atoms with Gasteiger partial charge in [-0.2, -0.15) is 0 Å². The monoisotopic (exact) mass is 565 g/mol. The first-order chi connectivity index (χ1) is 14.4. The van der Waals surface area contributed by atoms with Crippen molar-refractivity contribution in [2.24, 2.45) is 0 Å². The highest BCUT2D eigenvalue weighted by molar-refractivity contribution is 8.22. The van der Waals surface area contributed by atoms with Crippen LogP contribution in [0.25, 0.3) is 0 Å². The molecule has 1 aromatic rings. The number of halogens is 6. The maximum absolute atomic E-state index is 13.1. The maximum atomic E-state index is 13.1. The van der Waals surface area contributed by atoms with E-state index >= 15 is 0 Å². The largest absolute Gasteiger partial charge is 0.461 e. The van der Waals surface area contributed by atoms with Crippen LogP contribution in [0.15, 0.2) is 22.5 Å². The van der Waals surface area contributed by atoms with Gasteiger partial charge in [-0.25, -0.2) is 25.8 Å². The SMILES string of the molecule is CC(=O)OC1CCCCC1[SH]1C=CC(C(=O)c2nc(C(Cl)(Cl)Cl)nc(C(Cl)(Cl)Cl)n2)=C1. The minimum absolute atomic E-state index is 0.140. The van der Waals surface area contributed by atoms with Gasteiger partial charge in [0.1, 0.15) is 6.10 Å². The number of rotatable bonds is 4. The van der Waals surface area contributed by atoms with Gasteiger partial charge in [-0.15, -0.1) is 0 Å². The molecule has 3 unspecified atom stereocenters. The molecule has 0 saturated heterocycles. The summed E-state index contributed by atoms with van der Waals surface area (Å²) < 4.78 is 1.42. The molecule has 0 N–H and O–H groups in total. The fraction of sp³-hybridized carbons (Fsp3) is 0.500. The molecule has 31 heavy (non-hydrogen) atoms. The molecule has 1 saturated carbocycles. The molecule has 3 rings (SSSR count). The number of carbonyl (C=O) groups excluding carboxylic acids is 2. The molecular formula is C18H17Cl6N3O3S. The number of carbonyl (C=O) groups is 2. The van der Waals surface area contributed by atoms with Gasteiger partial charge in [0.25, 0.3) is 0 Å². The quantitative estimate of drug-likeness (QED) is 0.208. The summed E-state index contributed by atoms with van der Waals surface area (Å²) in [5, 5.41) is 3.96. The Kier molecular flexibility index (Phi) is 8.11. The van der Waals surface area contributed by atoms with E-state index in [9.17, 15) is 9.59 Å². The summed E-state index contributed by atoms with van der Waals surface area (Å²) in [5.74, 6) is -1.78. The number of thiol groups is 1. The van der Waals surface area contributed by atoms with E-state index in [4.69, 9.17) is 74.3 Å². The summed E-state index contributed by atoms with van der Waals surface area (Å²) in [4.78, 5) is 36.4. The zero-order chi connectivity index (χ0) is 23.0. The first-order valence-electron chi connectivity index (χ1n) is 9.16. The Morgan fingerprint density at radius 1 is 1.00 bits per heavy atom. The highest BCUT2D eigenvalue weighted by Gasteiger charge is 2.36. The van der Waals surface area contributed by atoms with Crippen molar-refractivity contribution in [3.63, 3.8) is 0 Å². The minimum atomic E-state index is -2.05. The molecule has 0 bridgehead atoms. The van der Waals surface area contributed by atoms with Gasteiger partial charge < -0.3 is 4.74 Å². The molecule has 1 aromatic heterocycles. The number of nitrogens with zero attached hydrogens (tertiary/aromatic N) is 3. The molecule has 13 heteroatoms. The summed E-state index contributed by atoms with van der Waals surface area (Å²) in [6, 6.07) is 0. The number of ketones is 1. The highest BCUT2D eigenvalue weighted by Crippen LogP contribution is 2.48. The van der Waals surface area contributed by atoms with Crippen molar-refractivity contribution in [2.75, 3.05) is 0 Å². The van der Waals surface area contributed by atoms with Crippen LogP contribution in [-0.2, 0) is 17.1 Å². The molecule has 0 amide bonds. The Hall–Kier alpha value is -0.280. The van der Waals surface area contributed by atoms with Crippen LogP contribution in [0.2, 0.25) is 0 Å². The smallest absolute Gasteiger partial charge is 0.302 e. The second-order valence-corrected chi connectivity index (χ2v) is 13.7. The minimum Gasteiger partial charge on any atom is -0.461 e. The Labute approximate surface area is 212 Å². The predicted octanol–water partition coefficient (Wildman–Crippen LogP) is 5.99. The fourth-order valence-corrected chi connectivity index (χ4v) is 6.32. The predicted molar refractivity (Wildman–Crippen MR) is 127 cm³/mol. The van der Waals surface area contributed by atoms with Gasteiger partial charge in [-0.05, 0) is 36.2 Å². The number of hydrogen-bond acceptors (Lipinski definition) is 6. The van der Waals surface area contributed by atoms with Gasteiger partial charge in [0, 0.05) is 17.7 Å². The number of alkyl halides is 6. The summed E-state index contributed by atoms with van der Waals surface area (Å²) in [7, 11) is -0.824. The maximum Gasteiger partial charge on any atom is 0.302 e. The molecule has 6 nitrogen and oxygen atoms in total. The number of esters is 1. The van der Waals surface area contributed by atoms with Crippen molar-refractivity contribution >= 4 is 92.3 Å². The van der Waals surface area contributed by atoms with Crippen molar-refractivity contribution in [1.82, 2.24) is 15.0 Å². The van der Waals surface area contributed by atoms with Crippen LogP contribution >= 0.6 is 80.5 Å². The number of hydrogen-bond donors (Lipinski definition) is 1. The lowest BCUT2D eigenvalue weighted by molar-refractivity contribution is -0.147. The van der Waals surface area contributed by atoms with Crippen molar-refractivity contribution in [1.29, 1.82) is 0 Å². The van der Waals surface area contributed by atoms with Crippen molar-refractivity contribution in [3.05, 3.63) is 39.9 Å². The zero-order valence-corrected chi connectivity index (χ0v) is 21.4. The topological polar surface area (TPSA) is 82.0 Å². The second kappa shape index (κ2) is 9.92. The van der Waals surface area contributed by atoms with Crippen LogP contribution in [0, 0.1) is 0 Å². The molecule has 2 heterocycles. The van der Waals surface area contributed by atoms with Crippen LogP contribution in [0.4, 0.5) is 0 Å². The third kappa shape index (κ3) is 6.40. The average molecular weight is 568 g/mol. The van der Waals surface area contributed by atoms with Crippen molar-refractivity contribution in [3.8, 4) is 0 Å².